The molecule has 0 aliphatic heterocycles. The standard InChI is InChI=1S/C21H13BrClF6N3O2/c1-10-32-17(18(33-10)11-2-5-13(6-3-11)34-21(27,28)29)14-8-12(22)4-7-16(14)31-9-15(23)19(30)20(24,25)26/h2-9H,30H2,1H3. The minimum absolute atomic E-state index is 0.183. The third kappa shape index (κ3) is 6.32. The molecule has 0 bridgehead atoms. The second kappa shape index (κ2) is 9.71. The number of hydrogen-bond donors (Lipinski definition) is 1. The van der Waals surface area contributed by atoms with Gasteiger partial charge in [0.15, 0.2) is 11.7 Å². The highest BCUT2D eigenvalue weighted by molar-refractivity contribution is 9.10. The monoisotopic (exact) mass is 567 g/mol. The number of oxazole rings is 1. The first kappa shape index (κ1) is 25.6. The summed E-state index contributed by atoms with van der Waals surface area (Å²) in [6.07, 6.45) is -8.92. The molecule has 0 radical (unpaired) electrons. The summed E-state index contributed by atoms with van der Waals surface area (Å²) < 4.78 is 85.7. The molecule has 2 N–H and O–H groups in total. The lowest BCUT2D eigenvalue weighted by Gasteiger charge is -2.10. The molecule has 34 heavy (non-hydrogen) atoms. The molecule has 0 aliphatic carbocycles. The highest BCUT2D eigenvalue weighted by Gasteiger charge is 2.33. The molecule has 1 heterocycles. The molecule has 3 rings (SSSR count). The van der Waals surface area contributed by atoms with Gasteiger partial charge in [0.25, 0.3) is 0 Å². The number of allylic oxidation sites excluding steroid dienone is 2. The molecule has 0 aliphatic rings. The number of benzene rings is 2. The van der Waals surface area contributed by atoms with Gasteiger partial charge in [-0.3, -0.25) is 4.99 Å². The topological polar surface area (TPSA) is 73.6 Å². The first-order valence-corrected chi connectivity index (χ1v) is 10.3. The van der Waals surface area contributed by atoms with Gasteiger partial charge in [-0.15, -0.1) is 13.2 Å². The maximum Gasteiger partial charge on any atom is 0.573 e. The summed E-state index contributed by atoms with van der Waals surface area (Å²) in [5, 5.41) is -0.807. The van der Waals surface area contributed by atoms with Gasteiger partial charge < -0.3 is 14.9 Å². The van der Waals surface area contributed by atoms with Crippen LogP contribution in [0.4, 0.5) is 32.0 Å². The second-order valence-electron chi connectivity index (χ2n) is 6.66. The van der Waals surface area contributed by atoms with E-state index in [1.807, 2.05) is 0 Å². The van der Waals surface area contributed by atoms with Crippen LogP contribution in [0.15, 0.2) is 67.1 Å². The summed E-state index contributed by atoms with van der Waals surface area (Å²) in [7, 11) is 0. The van der Waals surface area contributed by atoms with E-state index in [1.54, 1.807) is 19.1 Å². The molecule has 1 aromatic heterocycles. The van der Waals surface area contributed by atoms with Crippen LogP contribution in [0.2, 0.25) is 0 Å². The van der Waals surface area contributed by atoms with Crippen LogP contribution in [0.1, 0.15) is 5.89 Å². The van der Waals surface area contributed by atoms with Gasteiger partial charge in [0.1, 0.15) is 17.1 Å². The SMILES string of the molecule is Cc1nc(-c2cc(Br)ccc2N=CC(Cl)=C(N)C(F)(F)F)c(-c2ccc(OC(F)(F)F)cc2)o1. The highest BCUT2D eigenvalue weighted by Crippen LogP contribution is 2.40. The normalized spacial score (nSPS) is 13.3. The zero-order valence-corrected chi connectivity index (χ0v) is 19.3. The van der Waals surface area contributed by atoms with E-state index >= 15 is 0 Å². The molecular formula is C21H13BrClF6N3O2. The van der Waals surface area contributed by atoms with Crippen molar-refractivity contribution in [3.8, 4) is 28.3 Å². The van der Waals surface area contributed by atoms with Crippen molar-refractivity contribution in [3.63, 3.8) is 0 Å². The average Bonchev–Trinajstić information content (AvgIpc) is 3.12. The predicted octanol–water partition coefficient (Wildman–Crippen LogP) is 7.65. The Morgan fingerprint density at radius 3 is 2.35 bits per heavy atom. The first-order valence-electron chi connectivity index (χ1n) is 9.14. The molecule has 3 aromatic rings. The van der Waals surface area contributed by atoms with Crippen LogP contribution >= 0.6 is 27.5 Å². The Balaban J connectivity index is 2.06. The predicted molar refractivity (Wildman–Crippen MR) is 118 cm³/mol. The number of hydrogen-bond acceptors (Lipinski definition) is 5. The number of nitrogens with zero attached hydrogens (tertiary/aromatic N) is 2. The fraction of sp³-hybridized carbons (Fsp3) is 0.143. The van der Waals surface area contributed by atoms with Gasteiger partial charge in [-0.2, -0.15) is 13.2 Å². The molecule has 0 spiro atoms. The molecule has 2 aromatic carbocycles. The molecule has 0 saturated heterocycles. The van der Waals surface area contributed by atoms with Crippen molar-refractivity contribution in [3.05, 3.63) is 63.6 Å². The Morgan fingerprint density at radius 1 is 1.12 bits per heavy atom. The molecular weight excluding hydrogens is 556 g/mol. The number of halogens is 8. The fourth-order valence-corrected chi connectivity index (χ4v) is 3.27. The van der Waals surface area contributed by atoms with Crippen molar-refractivity contribution in [2.45, 2.75) is 19.5 Å². The van der Waals surface area contributed by atoms with E-state index in [9.17, 15) is 26.3 Å². The number of ether oxygens (including phenoxy) is 1. The zero-order valence-electron chi connectivity index (χ0n) is 16.9. The van der Waals surface area contributed by atoms with Gasteiger partial charge in [-0.1, -0.05) is 27.5 Å². The zero-order chi connectivity index (χ0) is 25.3. The van der Waals surface area contributed by atoms with Gasteiger partial charge in [-0.25, -0.2) is 4.98 Å². The molecule has 0 unspecified atom stereocenters. The number of nitrogens with two attached hydrogens (primary N) is 1. The molecule has 13 heteroatoms. The van der Waals surface area contributed by atoms with E-state index < -0.39 is 29.0 Å². The number of aliphatic imine (C=N–C) groups is 1. The van der Waals surface area contributed by atoms with Crippen LogP contribution < -0.4 is 10.5 Å². The minimum Gasteiger partial charge on any atom is -0.440 e. The molecule has 180 valence electrons. The first-order chi connectivity index (χ1) is 15.7. The van der Waals surface area contributed by atoms with Crippen molar-refractivity contribution in [1.82, 2.24) is 4.98 Å². The van der Waals surface area contributed by atoms with Crippen LogP contribution in [0.5, 0.6) is 5.75 Å². The summed E-state index contributed by atoms with van der Waals surface area (Å²) in [6, 6.07) is 9.59. The van der Waals surface area contributed by atoms with Crippen molar-refractivity contribution in [2.75, 3.05) is 0 Å². The van der Waals surface area contributed by atoms with E-state index in [2.05, 4.69) is 30.6 Å². The van der Waals surface area contributed by atoms with Crippen LogP contribution in [-0.2, 0) is 0 Å². The minimum atomic E-state index is -4.84. The maximum absolute atomic E-state index is 12.8. The molecule has 0 amide bonds. The van der Waals surface area contributed by atoms with Crippen molar-refractivity contribution in [1.29, 1.82) is 0 Å². The Hall–Kier alpha value is -2.99. The van der Waals surface area contributed by atoms with E-state index in [1.165, 1.54) is 18.2 Å². The van der Waals surface area contributed by atoms with E-state index in [-0.39, 0.29) is 23.0 Å². The Kier molecular flexibility index (Phi) is 7.32. The van der Waals surface area contributed by atoms with Gasteiger partial charge in [0.2, 0.25) is 0 Å². The van der Waals surface area contributed by atoms with E-state index in [0.29, 0.717) is 15.6 Å². The average molecular weight is 569 g/mol. The van der Waals surface area contributed by atoms with Crippen LogP contribution in [-0.4, -0.2) is 23.7 Å². The maximum atomic E-state index is 12.8. The van der Waals surface area contributed by atoms with Gasteiger partial charge in [-0.05, 0) is 42.5 Å². The lowest BCUT2D eigenvalue weighted by Crippen LogP contribution is -2.20. The number of aryl methyl sites for hydroxylation is 1. The number of rotatable bonds is 5. The van der Waals surface area contributed by atoms with Crippen LogP contribution in [0.25, 0.3) is 22.6 Å². The largest absolute Gasteiger partial charge is 0.573 e. The van der Waals surface area contributed by atoms with Crippen LogP contribution in [0, 0.1) is 6.92 Å². The third-order valence-corrected chi connectivity index (χ3v) is 4.97. The van der Waals surface area contributed by atoms with E-state index in [0.717, 1.165) is 18.3 Å². The summed E-state index contributed by atoms with van der Waals surface area (Å²) in [5.41, 5.74) is 4.65. The lowest BCUT2D eigenvalue weighted by molar-refractivity contribution is -0.274. The molecule has 0 atom stereocenters. The lowest BCUT2D eigenvalue weighted by atomic mass is 10.0. The molecule has 0 fully saturated rings. The van der Waals surface area contributed by atoms with Gasteiger partial charge >= 0.3 is 12.5 Å². The smallest absolute Gasteiger partial charge is 0.440 e. The van der Waals surface area contributed by atoms with Gasteiger partial charge in [0, 0.05) is 28.7 Å². The van der Waals surface area contributed by atoms with E-state index in [4.69, 9.17) is 21.8 Å². The molecule has 5 nitrogen and oxygen atoms in total. The number of aromatic nitrogens is 1. The fourth-order valence-electron chi connectivity index (χ4n) is 2.75. The summed E-state index contributed by atoms with van der Waals surface area (Å²) >= 11 is 8.95. The second-order valence-corrected chi connectivity index (χ2v) is 7.98. The summed E-state index contributed by atoms with van der Waals surface area (Å²) in [6.45, 7) is 1.55. The quantitative estimate of drug-likeness (QED) is 0.253. The van der Waals surface area contributed by atoms with Crippen molar-refractivity contribution >= 4 is 39.4 Å². The Labute approximate surface area is 202 Å². The number of alkyl halides is 6. The van der Waals surface area contributed by atoms with Crippen molar-refractivity contribution in [2.24, 2.45) is 10.7 Å². The third-order valence-electron chi connectivity index (χ3n) is 4.18. The Morgan fingerprint density at radius 2 is 1.76 bits per heavy atom. The summed E-state index contributed by atoms with van der Waals surface area (Å²) in [5.74, 6) is 0.00212. The van der Waals surface area contributed by atoms with Crippen LogP contribution in [0.3, 0.4) is 0 Å². The van der Waals surface area contributed by atoms with Gasteiger partial charge in [0.05, 0.1) is 10.7 Å². The van der Waals surface area contributed by atoms with Crippen molar-refractivity contribution < 1.29 is 35.5 Å². The molecule has 0 saturated carbocycles. The summed E-state index contributed by atoms with van der Waals surface area (Å²) in [4.78, 5) is 8.33. The Bertz CT molecular complexity index is 1250. The highest BCUT2D eigenvalue weighted by atomic mass is 79.9.